The van der Waals surface area contributed by atoms with Gasteiger partial charge in [0.2, 0.25) is 0 Å². The maximum Gasteiger partial charge on any atom is 0.304 e. The summed E-state index contributed by atoms with van der Waals surface area (Å²) in [5.41, 5.74) is 1.09. The van der Waals surface area contributed by atoms with Crippen LogP contribution in [0.5, 0.6) is 0 Å². The quantitative estimate of drug-likeness (QED) is 0.689. The van der Waals surface area contributed by atoms with E-state index in [0.29, 0.717) is 0 Å². The Morgan fingerprint density at radius 2 is 2.21 bits per heavy atom. The Balaban J connectivity index is 2.71. The summed E-state index contributed by atoms with van der Waals surface area (Å²) >= 11 is 0. The molecule has 0 radical (unpaired) electrons. The number of aromatic nitrogens is 1. The minimum atomic E-state index is -0.266. The van der Waals surface area contributed by atoms with Gasteiger partial charge in [0, 0.05) is 33.4 Å². The van der Waals surface area contributed by atoms with E-state index in [2.05, 4.69) is 0 Å². The lowest BCUT2D eigenvalue weighted by molar-refractivity contribution is -0.149. The van der Waals surface area contributed by atoms with Crippen LogP contribution in [-0.4, -0.2) is 24.6 Å². The van der Waals surface area contributed by atoms with Gasteiger partial charge in [0.25, 0.3) is 0 Å². The van der Waals surface area contributed by atoms with Crippen LogP contribution >= 0.6 is 0 Å². The fraction of sp³-hybridized carbons (Fsp3) is 0.500. The highest BCUT2D eigenvalue weighted by atomic mass is 16.6. The lowest BCUT2D eigenvalue weighted by Crippen LogP contribution is -2.11. The zero-order valence-electron chi connectivity index (χ0n) is 9.02. The fourth-order valence-corrected chi connectivity index (χ4v) is 1.19. The van der Waals surface area contributed by atoms with Crippen molar-refractivity contribution in [2.75, 3.05) is 19.0 Å². The van der Waals surface area contributed by atoms with Crippen molar-refractivity contribution in [3.05, 3.63) is 18.5 Å². The molecule has 1 heterocycles. The van der Waals surface area contributed by atoms with E-state index in [9.17, 15) is 4.79 Å². The predicted octanol–water partition coefficient (Wildman–Crippen LogP) is 1.64. The number of carbonyl (C=O) groups excluding carboxylic acids is 1. The van der Waals surface area contributed by atoms with Crippen LogP contribution in [0.3, 0.4) is 0 Å². The zero-order chi connectivity index (χ0) is 10.7. The summed E-state index contributed by atoms with van der Waals surface area (Å²) in [4.78, 5) is 12.7. The van der Waals surface area contributed by atoms with Crippen molar-refractivity contribution in [1.82, 2.24) is 4.57 Å². The molecule has 0 fully saturated rings. The Labute approximate surface area is 84.1 Å². The van der Waals surface area contributed by atoms with Crippen molar-refractivity contribution >= 4 is 11.7 Å². The molecular formula is C10H16N2O2. The van der Waals surface area contributed by atoms with Crippen LogP contribution in [0.2, 0.25) is 0 Å². The highest BCUT2D eigenvalue weighted by Gasteiger charge is 2.07. The van der Waals surface area contributed by atoms with E-state index >= 15 is 0 Å². The lowest BCUT2D eigenvalue weighted by Gasteiger charge is -2.14. The van der Waals surface area contributed by atoms with Crippen molar-refractivity contribution in [3.8, 4) is 0 Å². The van der Waals surface area contributed by atoms with Crippen LogP contribution in [0, 0.1) is 0 Å². The van der Waals surface area contributed by atoms with Crippen molar-refractivity contribution < 1.29 is 9.53 Å². The number of ether oxygens (including phenoxy) is 1. The number of carbonyl (C=O) groups is 1. The van der Waals surface area contributed by atoms with Gasteiger partial charge in [-0.3, -0.25) is 4.79 Å². The standard InChI is InChI=1S/C10H16N2O2/c1-8(14-9(2)13)12-6-5-10(7-12)11(3)4/h5-8H,1-4H3. The zero-order valence-corrected chi connectivity index (χ0v) is 9.02. The van der Waals surface area contributed by atoms with Crippen LogP contribution in [0.1, 0.15) is 20.1 Å². The van der Waals surface area contributed by atoms with Gasteiger partial charge in [0.15, 0.2) is 6.23 Å². The Morgan fingerprint density at radius 3 is 2.64 bits per heavy atom. The molecule has 1 unspecified atom stereocenters. The van der Waals surface area contributed by atoms with Crippen molar-refractivity contribution in [1.29, 1.82) is 0 Å². The first kappa shape index (κ1) is 10.6. The third-order valence-corrected chi connectivity index (χ3v) is 1.97. The summed E-state index contributed by atoms with van der Waals surface area (Å²) in [6, 6.07) is 1.97. The maximum absolute atomic E-state index is 10.7. The molecular weight excluding hydrogens is 180 g/mol. The Hall–Kier alpha value is -1.45. The van der Waals surface area contributed by atoms with Gasteiger partial charge in [-0.1, -0.05) is 0 Å². The maximum atomic E-state index is 10.7. The summed E-state index contributed by atoms with van der Waals surface area (Å²) < 4.78 is 6.89. The summed E-state index contributed by atoms with van der Waals surface area (Å²) in [6.45, 7) is 3.24. The highest BCUT2D eigenvalue weighted by molar-refractivity contribution is 5.66. The Morgan fingerprint density at radius 1 is 1.57 bits per heavy atom. The van der Waals surface area contributed by atoms with Crippen LogP contribution in [0.15, 0.2) is 18.5 Å². The smallest absolute Gasteiger partial charge is 0.304 e. The van der Waals surface area contributed by atoms with Gasteiger partial charge in [0.05, 0.1) is 5.69 Å². The van der Waals surface area contributed by atoms with Gasteiger partial charge in [-0.05, 0) is 13.0 Å². The van der Waals surface area contributed by atoms with Crippen LogP contribution in [-0.2, 0) is 9.53 Å². The molecule has 0 aliphatic rings. The predicted molar refractivity (Wildman–Crippen MR) is 55.2 cm³/mol. The second-order valence-corrected chi connectivity index (χ2v) is 3.42. The molecule has 1 aromatic heterocycles. The van der Waals surface area contributed by atoms with Crippen molar-refractivity contribution in [2.24, 2.45) is 0 Å². The molecule has 1 aromatic rings. The molecule has 4 nitrogen and oxygen atoms in total. The van der Waals surface area contributed by atoms with Gasteiger partial charge in [-0.15, -0.1) is 0 Å². The molecule has 0 aliphatic carbocycles. The first-order valence-corrected chi connectivity index (χ1v) is 4.52. The van der Waals surface area contributed by atoms with E-state index < -0.39 is 0 Å². The fourth-order valence-electron chi connectivity index (χ4n) is 1.19. The van der Waals surface area contributed by atoms with Gasteiger partial charge in [0.1, 0.15) is 0 Å². The molecule has 0 N–H and O–H groups in total. The molecule has 78 valence electrons. The normalized spacial score (nSPS) is 12.3. The molecule has 0 spiro atoms. The topological polar surface area (TPSA) is 34.5 Å². The number of hydrogen-bond acceptors (Lipinski definition) is 3. The highest BCUT2D eigenvalue weighted by Crippen LogP contribution is 2.16. The van der Waals surface area contributed by atoms with Gasteiger partial charge < -0.3 is 14.2 Å². The largest absolute Gasteiger partial charge is 0.442 e. The number of esters is 1. The average molecular weight is 196 g/mol. The summed E-state index contributed by atoms with van der Waals surface area (Å²) in [5.74, 6) is -0.266. The first-order valence-electron chi connectivity index (χ1n) is 4.52. The number of anilines is 1. The molecule has 0 amide bonds. The molecule has 4 heteroatoms. The SMILES string of the molecule is CC(=O)OC(C)n1ccc(N(C)C)c1. The number of hydrogen-bond donors (Lipinski definition) is 0. The van der Waals surface area contributed by atoms with E-state index in [4.69, 9.17) is 4.74 Å². The Kier molecular flexibility index (Phi) is 3.17. The van der Waals surface area contributed by atoms with E-state index in [1.165, 1.54) is 6.92 Å². The number of rotatable bonds is 3. The number of nitrogens with zero attached hydrogens (tertiary/aromatic N) is 2. The second kappa shape index (κ2) is 4.17. The van der Waals surface area contributed by atoms with Crippen LogP contribution < -0.4 is 4.90 Å². The molecule has 1 atom stereocenters. The second-order valence-electron chi connectivity index (χ2n) is 3.42. The van der Waals surface area contributed by atoms with Crippen LogP contribution in [0.25, 0.3) is 0 Å². The van der Waals surface area contributed by atoms with Gasteiger partial charge in [-0.25, -0.2) is 0 Å². The lowest BCUT2D eigenvalue weighted by atomic mass is 10.5. The molecule has 0 aromatic carbocycles. The minimum Gasteiger partial charge on any atom is -0.442 e. The van der Waals surface area contributed by atoms with Crippen LogP contribution in [0.4, 0.5) is 5.69 Å². The van der Waals surface area contributed by atoms with E-state index in [1.807, 2.05) is 48.9 Å². The molecule has 14 heavy (non-hydrogen) atoms. The molecule has 0 saturated heterocycles. The minimum absolute atomic E-state index is 0.249. The van der Waals surface area contributed by atoms with Gasteiger partial charge >= 0.3 is 5.97 Å². The first-order chi connectivity index (χ1) is 6.50. The summed E-state index contributed by atoms with van der Waals surface area (Å²) in [7, 11) is 3.94. The van der Waals surface area contributed by atoms with E-state index in [-0.39, 0.29) is 12.2 Å². The third-order valence-electron chi connectivity index (χ3n) is 1.97. The van der Waals surface area contributed by atoms with E-state index in [1.54, 1.807) is 0 Å². The third kappa shape index (κ3) is 2.52. The molecule has 0 saturated carbocycles. The van der Waals surface area contributed by atoms with Crippen molar-refractivity contribution in [2.45, 2.75) is 20.1 Å². The molecule has 1 rings (SSSR count). The summed E-state index contributed by atoms with van der Waals surface area (Å²) in [5, 5.41) is 0. The van der Waals surface area contributed by atoms with E-state index in [0.717, 1.165) is 5.69 Å². The average Bonchev–Trinajstić information content (AvgIpc) is 2.50. The Bertz CT molecular complexity index is 318. The molecule has 0 bridgehead atoms. The van der Waals surface area contributed by atoms with Gasteiger partial charge in [-0.2, -0.15) is 0 Å². The monoisotopic (exact) mass is 196 g/mol. The van der Waals surface area contributed by atoms with Crippen molar-refractivity contribution in [3.63, 3.8) is 0 Å². The summed E-state index contributed by atoms with van der Waals surface area (Å²) in [6.07, 6.45) is 3.58. The molecule has 0 aliphatic heterocycles.